The number of nitrogens with zero attached hydrogens (tertiary/aromatic N) is 1. The van der Waals surface area contributed by atoms with E-state index in [-0.39, 0.29) is 36.2 Å². The fraction of sp³-hybridized carbons (Fsp3) is 0.786. The van der Waals surface area contributed by atoms with Crippen molar-refractivity contribution in [2.45, 2.75) is 109 Å². The number of carbonyl (C=O) groups excluding carboxylic acids is 2. The zero-order chi connectivity index (χ0) is 27.7. The highest BCUT2D eigenvalue weighted by Gasteiger charge is 2.44. The van der Waals surface area contributed by atoms with E-state index in [1.807, 2.05) is 45.8 Å². The van der Waals surface area contributed by atoms with E-state index in [1.54, 1.807) is 25.2 Å². The highest BCUT2D eigenvalue weighted by Crippen LogP contribution is 2.32. The number of ether oxygens (including phenoxy) is 4. The summed E-state index contributed by atoms with van der Waals surface area (Å²) in [5, 5.41) is 22.2. The van der Waals surface area contributed by atoms with Gasteiger partial charge >= 0.3 is 5.97 Å². The number of aliphatic hydroxyl groups is 2. The van der Waals surface area contributed by atoms with Crippen LogP contribution >= 0.6 is 0 Å². The fourth-order valence-corrected chi connectivity index (χ4v) is 5.15. The Labute approximate surface area is 221 Å². The molecular weight excluding hydrogens is 478 g/mol. The predicted octanol–water partition coefficient (Wildman–Crippen LogP) is 2.63. The van der Waals surface area contributed by atoms with Gasteiger partial charge in [-0.15, -0.1) is 0 Å². The third-order valence-electron chi connectivity index (χ3n) is 7.36. The van der Waals surface area contributed by atoms with E-state index in [4.69, 9.17) is 18.9 Å². The van der Waals surface area contributed by atoms with Gasteiger partial charge in [0.15, 0.2) is 12.1 Å². The van der Waals surface area contributed by atoms with Crippen LogP contribution in [0.15, 0.2) is 24.3 Å². The number of hydrogen-bond donors (Lipinski definition) is 2. The molecule has 1 saturated heterocycles. The van der Waals surface area contributed by atoms with Gasteiger partial charge in [0, 0.05) is 25.5 Å². The third kappa shape index (κ3) is 9.26. The second kappa shape index (κ2) is 15.1. The summed E-state index contributed by atoms with van der Waals surface area (Å²) in [7, 11) is 5.25. The molecule has 0 aromatic heterocycles. The summed E-state index contributed by atoms with van der Waals surface area (Å²) >= 11 is 0. The summed E-state index contributed by atoms with van der Waals surface area (Å²) in [6.45, 7) is 7.54. The molecule has 212 valence electrons. The van der Waals surface area contributed by atoms with Crippen LogP contribution in [-0.4, -0.2) is 97.0 Å². The Balaban J connectivity index is 2.42. The summed E-state index contributed by atoms with van der Waals surface area (Å²) in [6, 6.07) is -0.180. The van der Waals surface area contributed by atoms with E-state index < -0.39 is 42.8 Å². The minimum atomic E-state index is -1.22. The summed E-state index contributed by atoms with van der Waals surface area (Å²) in [6.07, 6.45) is 3.45. The summed E-state index contributed by atoms with van der Waals surface area (Å²) in [4.78, 5) is 27.3. The first-order chi connectivity index (χ1) is 17.5. The molecule has 37 heavy (non-hydrogen) atoms. The van der Waals surface area contributed by atoms with Gasteiger partial charge in [-0.25, -0.2) is 0 Å². The van der Waals surface area contributed by atoms with Crippen LogP contribution in [0.5, 0.6) is 0 Å². The van der Waals surface area contributed by atoms with E-state index >= 15 is 0 Å². The lowest BCUT2D eigenvalue weighted by molar-refractivity contribution is -0.290. The molecule has 2 aliphatic heterocycles. The molecule has 0 aromatic carbocycles. The van der Waals surface area contributed by atoms with Gasteiger partial charge in [0.05, 0.1) is 24.7 Å². The van der Waals surface area contributed by atoms with E-state index in [2.05, 4.69) is 0 Å². The average molecular weight is 526 g/mol. The van der Waals surface area contributed by atoms with Crippen molar-refractivity contribution >= 4 is 11.8 Å². The maximum absolute atomic E-state index is 12.8. The second-order valence-electron chi connectivity index (χ2n) is 10.7. The Morgan fingerprint density at radius 2 is 1.76 bits per heavy atom. The van der Waals surface area contributed by atoms with Crippen LogP contribution in [0.1, 0.15) is 59.8 Å². The molecule has 2 heterocycles. The largest absolute Gasteiger partial charge is 0.462 e. The normalized spacial score (nSPS) is 40.8. The van der Waals surface area contributed by atoms with Crippen LogP contribution in [0.4, 0.5) is 0 Å². The van der Waals surface area contributed by atoms with Crippen LogP contribution in [0.2, 0.25) is 0 Å². The number of hydrogen-bond acceptors (Lipinski definition) is 9. The van der Waals surface area contributed by atoms with Crippen molar-refractivity contribution in [1.29, 1.82) is 0 Å². The number of esters is 1. The van der Waals surface area contributed by atoms with Gasteiger partial charge in [0.2, 0.25) is 0 Å². The molecule has 10 atom stereocenters. The van der Waals surface area contributed by atoms with Crippen LogP contribution in [-0.2, 0) is 28.5 Å². The molecule has 10 unspecified atom stereocenters. The zero-order valence-corrected chi connectivity index (χ0v) is 23.4. The van der Waals surface area contributed by atoms with Crippen molar-refractivity contribution in [3.8, 4) is 0 Å². The number of cyclic esters (lactones) is 1. The van der Waals surface area contributed by atoms with Crippen LogP contribution in [0.3, 0.4) is 0 Å². The lowest BCUT2D eigenvalue weighted by Crippen LogP contribution is -2.57. The molecular formula is C28H47NO8. The molecule has 0 bridgehead atoms. The Morgan fingerprint density at radius 1 is 1.05 bits per heavy atom. The Bertz CT molecular complexity index is 784. The van der Waals surface area contributed by atoms with E-state index in [1.165, 1.54) is 7.11 Å². The number of methoxy groups -OCH3 is 1. The number of aliphatic hydroxyl groups excluding tert-OH is 2. The zero-order valence-electron chi connectivity index (χ0n) is 23.4. The van der Waals surface area contributed by atoms with Gasteiger partial charge in [0.25, 0.3) is 0 Å². The topological polar surface area (TPSA) is 115 Å². The molecule has 1 fully saturated rings. The Kier molecular flexibility index (Phi) is 12.9. The second-order valence-corrected chi connectivity index (χ2v) is 10.7. The molecule has 0 aliphatic carbocycles. The van der Waals surface area contributed by atoms with E-state index in [9.17, 15) is 19.8 Å². The maximum Gasteiger partial charge on any atom is 0.308 e. The smallest absolute Gasteiger partial charge is 0.308 e. The Hall–Kier alpha value is -1.62. The fourth-order valence-electron chi connectivity index (χ4n) is 5.15. The van der Waals surface area contributed by atoms with Gasteiger partial charge in [-0.3, -0.25) is 9.59 Å². The summed E-state index contributed by atoms with van der Waals surface area (Å²) in [5.74, 6) is -1.09. The monoisotopic (exact) mass is 525 g/mol. The first kappa shape index (κ1) is 31.6. The summed E-state index contributed by atoms with van der Waals surface area (Å²) in [5.41, 5.74) is 0. The number of allylic oxidation sites excluding steroid dienone is 3. The minimum Gasteiger partial charge on any atom is -0.462 e. The first-order valence-electron chi connectivity index (χ1n) is 13.4. The van der Waals surface area contributed by atoms with E-state index in [0.29, 0.717) is 25.7 Å². The highest BCUT2D eigenvalue weighted by molar-refractivity contribution is 5.91. The average Bonchev–Trinajstić information content (AvgIpc) is 2.82. The van der Waals surface area contributed by atoms with Gasteiger partial charge in [0.1, 0.15) is 18.3 Å². The van der Waals surface area contributed by atoms with Gasteiger partial charge in [-0.2, -0.15) is 0 Å². The molecule has 0 aromatic rings. The third-order valence-corrected chi connectivity index (χ3v) is 7.36. The molecule has 9 nitrogen and oxygen atoms in total. The van der Waals surface area contributed by atoms with Crippen molar-refractivity contribution in [1.82, 2.24) is 4.90 Å². The summed E-state index contributed by atoms with van der Waals surface area (Å²) < 4.78 is 23.6. The number of likely N-dealkylation sites (N-methyl/N-ethyl adjacent to an activating group) is 1. The van der Waals surface area contributed by atoms with Crippen molar-refractivity contribution in [3.63, 3.8) is 0 Å². The van der Waals surface area contributed by atoms with Crippen LogP contribution in [0.25, 0.3) is 0 Å². The molecule has 2 N–H and O–H groups in total. The van der Waals surface area contributed by atoms with Crippen molar-refractivity contribution < 1.29 is 38.7 Å². The lowest BCUT2D eigenvalue weighted by Gasteiger charge is -2.44. The minimum absolute atomic E-state index is 0.0156. The molecule has 2 aliphatic rings. The molecule has 9 heteroatoms. The van der Waals surface area contributed by atoms with Gasteiger partial charge in [-0.1, -0.05) is 38.5 Å². The number of rotatable bonds is 5. The van der Waals surface area contributed by atoms with Gasteiger partial charge < -0.3 is 34.1 Å². The van der Waals surface area contributed by atoms with Crippen LogP contribution < -0.4 is 0 Å². The quantitative estimate of drug-likeness (QED) is 0.523. The number of carbonyl (C=O) groups is 2. The standard InChI is InChI=1S/C28H47NO8/c1-8-20-14-17(2)22(30)13-11-9-10-12-18(3)35-24(32)16-23(31)27(34-7)26(20)37-28-25(33)21(29(5)6)15-19(4)36-28/h9-11,13,17-21,23,25-28,31,33H,8,12,14-16H2,1-7H3/b10-9+,13-11+. The predicted molar refractivity (Wildman–Crippen MR) is 140 cm³/mol. The lowest BCUT2D eigenvalue weighted by atomic mass is 9.83. The van der Waals surface area contributed by atoms with E-state index in [0.717, 1.165) is 0 Å². The first-order valence-corrected chi connectivity index (χ1v) is 13.4. The molecule has 0 spiro atoms. The Morgan fingerprint density at radius 3 is 2.38 bits per heavy atom. The van der Waals surface area contributed by atoms with Crippen molar-refractivity contribution in [2.75, 3.05) is 21.2 Å². The van der Waals surface area contributed by atoms with Gasteiger partial charge in [-0.05, 0) is 52.8 Å². The highest BCUT2D eigenvalue weighted by atomic mass is 16.7. The molecule has 2 rings (SSSR count). The maximum atomic E-state index is 12.8. The van der Waals surface area contributed by atoms with Crippen molar-refractivity contribution in [3.05, 3.63) is 24.3 Å². The molecule has 0 radical (unpaired) electrons. The van der Waals surface area contributed by atoms with Crippen LogP contribution in [0, 0.1) is 11.8 Å². The molecule has 0 amide bonds. The molecule has 0 saturated carbocycles. The number of ketones is 1. The SMILES string of the molecule is CCC1CC(C)C(=O)/C=C/C=C/CC(C)OC(=O)CC(O)C(OC)C1OC1OC(C)CC(N(C)C)C1O. The van der Waals surface area contributed by atoms with Crippen molar-refractivity contribution in [2.24, 2.45) is 11.8 Å².